The van der Waals surface area contributed by atoms with E-state index in [1.165, 1.54) is 15.9 Å². The minimum Gasteiger partial charge on any atom is -0.368 e. The van der Waals surface area contributed by atoms with Crippen LogP contribution in [0.25, 0.3) is 32.0 Å². The maximum atomic E-state index is 13.8. The van der Waals surface area contributed by atoms with Crippen molar-refractivity contribution < 1.29 is 4.79 Å². The summed E-state index contributed by atoms with van der Waals surface area (Å²) < 4.78 is 1.48. The minimum atomic E-state index is -0.757. The molecule has 3 aromatic heterocycles. The van der Waals surface area contributed by atoms with Crippen molar-refractivity contribution in [1.29, 1.82) is 0 Å². The predicted octanol–water partition coefficient (Wildman–Crippen LogP) is 4.91. The first kappa shape index (κ1) is 19.5. The molecule has 1 unspecified atom stereocenters. The topological polar surface area (TPSA) is 78.0 Å². The lowest BCUT2D eigenvalue weighted by Gasteiger charge is -2.19. The third kappa shape index (κ3) is 3.30. The molecule has 4 rings (SSSR count). The van der Waals surface area contributed by atoms with E-state index in [-0.39, 0.29) is 5.56 Å². The number of amides is 1. The van der Waals surface area contributed by atoms with E-state index in [0.29, 0.717) is 22.5 Å². The number of carbonyl (C=O) groups excluding carboxylic acids is 1. The SMILES string of the molecule is CCC(C(N)=O)n1c(-c2ccc(C)cc2)nc2sc(C)c(-c3cccs3)c2c1=O. The van der Waals surface area contributed by atoms with Crippen LogP contribution in [-0.2, 0) is 4.79 Å². The average molecular weight is 424 g/mol. The number of rotatable bonds is 5. The third-order valence-corrected chi connectivity index (χ3v) is 6.92. The van der Waals surface area contributed by atoms with Crippen LogP contribution in [0.2, 0.25) is 0 Å². The number of nitrogens with zero attached hydrogens (tertiary/aromatic N) is 2. The van der Waals surface area contributed by atoms with E-state index >= 15 is 0 Å². The van der Waals surface area contributed by atoms with Crippen molar-refractivity contribution in [3.63, 3.8) is 0 Å². The Bertz CT molecular complexity index is 1250. The van der Waals surface area contributed by atoms with Gasteiger partial charge in [0.2, 0.25) is 5.91 Å². The van der Waals surface area contributed by atoms with Crippen LogP contribution in [-0.4, -0.2) is 15.5 Å². The Hall–Kier alpha value is -2.77. The van der Waals surface area contributed by atoms with Gasteiger partial charge < -0.3 is 5.73 Å². The number of aryl methyl sites for hydroxylation is 2. The molecule has 4 aromatic rings. The molecule has 29 heavy (non-hydrogen) atoms. The molecule has 0 aliphatic heterocycles. The number of carbonyl (C=O) groups is 1. The van der Waals surface area contributed by atoms with E-state index < -0.39 is 11.9 Å². The lowest BCUT2D eigenvalue weighted by Crippen LogP contribution is -2.35. The first-order valence-corrected chi connectivity index (χ1v) is 11.1. The van der Waals surface area contributed by atoms with Crippen LogP contribution in [0.5, 0.6) is 0 Å². The fourth-order valence-corrected chi connectivity index (χ4v) is 5.52. The number of fused-ring (bicyclic) bond motifs is 1. The molecule has 148 valence electrons. The first-order valence-electron chi connectivity index (χ1n) is 9.38. The molecule has 1 aromatic carbocycles. The van der Waals surface area contributed by atoms with Gasteiger partial charge in [-0.3, -0.25) is 14.2 Å². The van der Waals surface area contributed by atoms with Crippen molar-refractivity contribution in [3.05, 3.63) is 62.6 Å². The number of hydrogen-bond donors (Lipinski definition) is 1. The zero-order chi connectivity index (χ0) is 20.7. The van der Waals surface area contributed by atoms with Gasteiger partial charge in [-0.25, -0.2) is 4.98 Å². The van der Waals surface area contributed by atoms with Gasteiger partial charge in [-0.05, 0) is 31.7 Å². The van der Waals surface area contributed by atoms with Crippen molar-refractivity contribution in [2.45, 2.75) is 33.2 Å². The molecule has 0 radical (unpaired) electrons. The van der Waals surface area contributed by atoms with Crippen LogP contribution >= 0.6 is 22.7 Å². The van der Waals surface area contributed by atoms with Crippen LogP contribution < -0.4 is 11.3 Å². The maximum absolute atomic E-state index is 13.8. The van der Waals surface area contributed by atoms with Gasteiger partial charge in [-0.2, -0.15) is 0 Å². The lowest BCUT2D eigenvalue weighted by atomic mass is 10.1. The van der Waals surface area contributed by atoms with Gasteiger partial charge in [-0.1, -0.05) is 42.8 Å². The Labute approximate surface area is 176 Å². The van der Waals surface area contributed by atoms with Gasteiger partial charge >= 0.3 is 0 Å². The van der Waals surface area contributed by atoms with E-state index in [2.05, 4.69) is 0 Å². The molecule has 0 aliphatic rings. The average Bonchev–Trinajstić information content (AvgIpc) is 3.31. The summed E-state index contributed by atoms with van der Waals surface area (Å²) in [5.74, 6) is -0.0548. The second kappa shape index (κ2) is 7.57. The molecule has 0 spiro atoms. The van der Waals surface area contributed by atoms with Gasteiger partial charge in [-0.15, -0.1) is 22.7 Å². The highest BCUT2D eigenvalue weighted by atomic mass is 32.1. The monoisotopic (exact) mass is 423 g/mol. The summed E-state index contributed by atoms with van der Waals surface area (Å²) in [7, 11) is 0. The summed E-state index contributed by atoms with van der Waals surface area (Å²) in [6.45, 7) is 5.85. The number of aromatic nitrogens is 2. The van der Waals surface area contributed by atoms with Crippen LogP contribution in [0.1, 0.15) is 29.8 Å². The molecular formula is C22H21N3O2S2. The molecule has 0 aliphatic carbocycles. The number of thiophene rings is 2. The Morgan fingerprint density at radius 2 is 1.93 bits per heavy atom. The van der Waals surface area contributed by atoms with Crippen LogP contribution in [0, 0.1) is 13.8 Å². The molecule has 5 nitrogen and oxygen atoms in total. The predicted molar refractivity (Wildman–Crippen MR) is 121 cm³/mol. The van der Waals surface area contributed by atoms with Crippen LogP contribution in [0.15, 0.2) is 46.6 Å². The summed E-state index contributed by atoms with van der Waals surface area (Å²) in [5, 5.41) is 2.55. The molecule has 1 atom stereocenters. The summed E-state index contributed by atoms with van der Waals surface area (Å²) in [6, 6.07) is 11.0. The lowest BCUT2D eigenvalue weighted by molar-refractivity contribution is -0.121. The van der Waals surface area contributed by atoms with Crippen molar-refractivity contribution >= 4 is 38.8 Å². The normalized spacial score (nSPS) is 12.4. The second-order valence-electron chi connectivity index (χ2n) is 6.99. The Kier molecular flexibility index (Phi) is 5.10. The van der Waals surface area contributed by atoms with E-state index in [4.69, 9.17) is 10.7 Å². The highest BCUT2D eigenvalue weighted by Crippen LogP contribution is 2.39. The summed E-state index contributed by atoms with van der Waals surface area (Å²) in [6.07, 6.45) is 0.415. The zero-order valence-corrected chi connectivity index (χ0v) is 18.1. The summed E-state index contributed by atoms with van der Waals surface area (Å²) in [5.41, 5.74) is 8.26. The van der Waals surface area contributed by atoms with Gasteiger partial charge in [0.05, 0.1) is 5.39 Å². The zero-order valence-electron chi connectivity index (χ0n) is 16.4. The third-order valence-electron chi connectivity index (χ3n) is 5.04. The molecule has 0 fully saturated rings. The summed E-state index contributed by atoms with van der Waals surface area (Å²) in [4.78, 5) is 33.6. The summed E-state index contributed by atoms with van der Waals surface area (Å²) >= 11 is 3.09. The van der Waals surface area contributed by atoms with Gasteiger partial charge in [0.25, 0.3) is 5.56 Å². The van der Waals surface area contributed by atoms with Crippen molar-refractivity contribution in [2.75, 3.05) is 0 Å². The van der Waals surface area contributed by atoms with Crippen molar-refractivity contribution in [3.8, 4) is 21.8 Å². The second-order valence-corrected chi connectivity index (χ2v) is 9.14. The standard InChI is InChI=1S/C22H21N3O2S2/c1-4-15(19(23)26)25-20(14-9-7-12(2)8-10-14)24-21-18(22(25)27)17(13(3)29-21)16-6-5-11-28-16/h5-11,15H,4H2,1-3H3,(H2,23,26). The van der Waals surface area contributed by atoms with E-state index in [1.54, 1.807) is 11.3 Å². The molecule has 7 heteroatoms. The fourth-order valence-electron chi connectivity index (χ4n) is 3.60. The Morgan fingerprint density at radius 1 is 1.21 bits per heavy atom. The van der Waals surface area contributed by atoms with Crippen molar-refractivity contribution in [1.82, 2.24) is 9.55 Å². The van der Waals surface area contributed by atoms with Crippen molar-refractivity contribution in [2.24, 2.45) is 5.73 Å². The largest absolute Gasteiger partial charge is 0.368 e. The Balaban J connectivity index is 2.11. The molecule has 3 heterocycles. The number of nitrogens with two attached hydrogens (primary N) is 1. The number of benzene rings is 1. The van der Waals surface area contributed by atoms with Gasteiger partial charge in [0, 0.05) is 20.9 Å². The molecule has 0 bridgehead atoms. The number of primary amides is 1. The van der Waals surface area contributed by atoms with E-state index in [0.717, 1.165) is 26.4 Å². The Morgan fingerprint density at radius 3 is 2.52 bits per heavy atom. The first-order chi connectivity index (χ1) is 13.9. The van der Waals surface area contributed by atoms with E-state index in [1.807, 2.05) is 62.5 Å². The number of hydrogen-bond acceptors (Lipinski definition) is 5. The van der Waals surface area contributed by atoms with Crippen LogP contribution in [0.4, 0.5) is 0 Å². The fraction of sp³-hybridized carbons (Fsp3) is 0.227. The molecular weight excluding hydrogens is 402 g/mol. The van der Waals surface area contributed by atoms with Gasteiger partial charge in [0.1, 0.15) is 16.7 Å². The van der Waals surface area contributed by atoms with E-state index in [9.17, 15) is 9.59 Å². The quantitative estimate of drug-likeness (QED) is 0.495. The molecule has 2 N–H and O–H groups in total. The highest BCUT2D eigenvalue weighted by molar-refractivity contribution is 7.20. The highest BCUT2D eigenvalue weighted by Gasteiger charge is 2.26. The maximum Gasteiger partial charge on any atom is 0.263 e. The van der Waals surface area contributed by atoms with Gasteiger partial charge in [0.15, 0.2) is 0 Å². The van der Waals surface area contributed by atoms with Crippen LogP contribution in [0.3, 0.4) is 0 Å². The molecule has 1 amide bonds. The molecule has 0 saturated carbocycles. The molecule has 0 saturated heterocycles. The smallest absolute Gasteiger partial charge is 0.263 e. The minimum absolute atomic E-state index is 0.219.